The van der Waals surface area contributed by atoms with Crippen LogP contribution >= 0.6 is 27.3 Å². The maximum Gasteiger partial charge on any atom is 0.315 e. The van der Waals surface area contributed by atoms with E-state index in [1.165, 1.54) is 11.3 Å². The first-order valence-corrected chi connectivity index (χ1v) is 5.90. The van der Waals surface area contributed by atoms with Crippen molar-refractivity contribution < 1.29 is 9.90 Å². The Morgan fingerprint density at radius 1 is 1.64 bits per heavy atom. The van der Waals surface area contributed by atoms with Gasteiger partial charge in [0.1, 0.15) is 5.41 Å². The molecule has 0 radical (unpaired) electrons. The summed E-state index contributed by atoms with van der Waals surface area (Å²) >= 11 is 4.82. The van der Waals surface area contributed by atoms with E-state index in [2.05, 4.69) is 15.9 Å². The van der Waals surface area contributed by atoms with E-state index in [4.69, 9.17) is 5.73 Å². The number of rotatable bonds is 2. The van der Waals surface area contributed by atoms with Crippen molar-refractivity contribution in [2.24, 2.45) is 5.73 Å². The van der Waals surface area contributed by atoms with Crippen molar-refractivity contribution >= 4 is 33.2 Å². The van der Waals surface area contributed by atoms with Crippen LogP contribution in [0.1, 0.15) is 17.7 Å². The van der Waals surface area contributed by atoms with Crippen LogP contribution in [0.15, 0.2) is 15.9 Å². The predicted molar refractivity (Wildman–Crippen MR) is 58.5 cm³/mol. The predicted octanol–water partition coefficient (Wildman–Crippen LogP) is 1.95. The van der Waals surface area contributed by atoms with Gasteiger partial charge in [0, 0.05) is 10.9 Å². The van der Waals surface area contributed by atoms with Crippen LogP contribution in [0, 0.1) is 0 Å². The fraction of sp³-hybridized carbons (Fsp3) is 0.444. The minimum Gasteiger partial charge on any atom is -0.481 e. The summed E-state index contributed by atoms with van der Waals surface area (Å²) in [4.78, 5) is 12.1. The fourth-order valence-corrected chi connectivity index (χ4v) is 3.48. The molecule has 0 aliphatic heterocycles. The number of halogens is 1. The number of nitrogens with two attached hydrogens (primary N) is 1. The zero-order chi connectivity index (χ0) is 10.3. The molecule has 3 nitrogen and oxygen atoms in total. The molecule has 0 atom stereocenters. The molecule has 1 saturated carbocycles. The third-order valence-corrected chi connectivity index (χ3v) is 4.50. The van der Waals surface area contributed by atoms with E-state index in [9.17, 15) is 9.90 Å². The summed E-state index contributed by atoms with van der Waals surface area (Å²) in [5.74, 6) is -0.756. The lowest BCUT2D eigenvalue weighted by Gasteiger charge is -2.41. The number of thiophene rings is 1. The quantitative estimate of drug-likeness (QED) is 0.867. The van der Waals surface area contributed by atoms with E-state index in [-0.39, 0.29) is 6.04 Å². The average molecular weight is 276 g/mol. The van der Waals surface area contributed by atoms with Crippen LogP contribution < -0.4 is 5.73 Å². The molecule has 0 amide bonds. The largest absolute Gasteiger partial charge is 0.481 e. The molecule has 14 heavy (non-hydrogen) atoms. The molecule has 0 saturated heterocycles. The zero-order valence-corrected chi connectivity index (χ0v) is 9.77. The van der Waals surface area contributed by atoms with Crippen LogP contribution in [0.2, 0.25) is 0 Å². The standard InChI is InChI=1S/C9H10BrNO2S/c10-7-2-1-6(14-7)9(8(12)13)3-5(11)4-9/h1-2,5H,3-4,11H2,(H,12,13). The summed E-state index contributed by atoms with van der Waals surface area (Å²) in [6, 6.07) is 3.79. The van der Waals surface area contributed by atoms with Gasteiger partial charge in [-0.1, -0.05) is 0 Å². The third kappa shape index (κ3) is 1.39. The van der Waals surface area contributed by atoms with Crippen molar-refractivity contribution in [3.05, 3.63) is 20.8 Å². The highest BCUT2D eigenvalue weighted by molar-refractivity contribution is 9.11. The number of carbonyl (C=O) groups is 1. The monoisotopic (exact) mass is 275 g/mol. The van der Waals surface area contributed by atoms with Gasteiger partial charge in [0.2, 0.25) is 0 Å². The maximum atomic E-state index is 11.2. The highest BCUT2D eigenvalue weighted by Gasteiger charge is 2.51. The summed E-state index contributed by atoms with van der Waals surface area (Å²) < 4.78 is 0.966. The highest BCUT2D eigenvalue weighted by Crippen LogP contribution is 2.46. The molecule has 2 rings (SSSR count). The van der Waals surface area contributed by atoms with E-state index in [0.29, 0.717) is 12.8 Å². The topological polar surface area (TPSA) is 63.3 Å². The van der Waals surface area contributed by atoms with Gasteiger partial charge >= 0.3 is 5.97 Å². The second kappa shape index (κ2) is 3.32. The summed E-state index contributed by atoms with van der Waals surface area (Å²) in [5, 5.41) is 9.20. The second-order valence-corrected chi connectivity index (χ2v) is 6.12. The Kier molecular flexibility index (Phi) is 2.41. The second-order valence-electron chi connectivity index (χ2n) is 3.66. The molecule has 0 unspecified atom stereocenters. The molecule has 1 aliphatic rings. The first-order chi connectivity index (χ1) is 6.54. The van der Waals surface area contributed by atoms with E-state index in [0.717, 1.165) is 8.66 Å². The summed E-state index contributed by atoms with van der Waals surface area (Å²) in [6.07, 6.45) is 1.10. The summed E-state index contributed by atoms with van der Waals surface area (Å²) in [5.41, 5.74) is 4.95. The molecule has 3 N–H and O–H groups in total. The summed E-state index contributed by atoms with van der Waals surface area (Å²) in [7, 11) is 0. The van der Waals surface area contributed by atoms with Gasteiger partial charge in [-0.25, -0.2) is 0 Å². The molecule has 0 spiro atoms. The minimum absolute atomic E-state index is 0.0342. The zero-order valence-electron chi connectivity index (χ0n) is 7.37. The Balaban J connectivity index is 2.34. The molecule has 0 aromatic carbocycles. The molecule has 76 valence electrons. The highest BCUT2D eigenvalue weighted by atomic mass is 79.9. The fourth-order valence-electron chi connectivity index (χ4n) is 1.89. The molecule has 1 aromatic heterocycles. The maximum absolute atomic E-state index is 11.2. The third-order valence-electron chi connectivity index (χ3n) is 2.68. The van der Waals surface area contributed by atoms with E-state index >= 15 is 0 Å². The van der Waals surface area contributed by atoms with Crippen LogP contribution in [-0.2, 0) is 10.2 Å². The number of aliphatic carboxylic acids is 1. The van der Waals surface area contributed by atoms with Gasteiger partial charge in [0.15, 0.2) is 0 Å². The lowest BCUT2D eigenvalue weighted by molar-refractivity contribution is -0.148. The Bertz CT molecular complexity index is 371. The van der Waals surface area contributed by atoms with E-state index < -0.39 is 11.4 Å². The molecular weight excluding hydrogens is 266 g/mol. The van der Waals surface area contributed by atoms with Crippen LogP contribution in [0.5, 0.6) is 0 Å². The lowest BCUT2D eigenvalue weighted by atomic mass is 9.65. The minimum atomic E-state index is -0.756. The number of hydrogen-bond acceptors (Lipinski definition) is 3. The van der Waals surface area contributed by atoms with Gasteiger partial charge < -0.3 is 10.8 Å². The van der Waals surface area contributed by atoms with Crippen LogP contribution in [0.3, 0.4) is 0 Å². The first kappa shape index (κ1) is 10.1. The van der Waals surface area contributed by atoms with Crippen molar-refractivity contribution in [3.8, 4) is 0 Å². The SMILES string of the molecule is NC1CC(C(=O)O)(c2ccc(Br)s2)C1. The van der Waals surface area contributed by atoms with Crippen molar-refractivity contribution in [3.63, 3.8) is 0 Å². The van der Waals surface area contributed by atoms with Crippen molar-refractivity contribution in [2.75, 3.05) is 0 Å². The Morgan fingerprint density at radius 3 is 2.64 bits per heavy atom. The molecule has 1 aromatic rings. The first-order valence-electron chi connectivity index (χ1n) is 4.29. The van der Waals surface area contributed by atoms with Gasteiger partial charge in [0.25, 0.3) is 0 Å². The van der Waals surface area contributed by atoms with Gasteiger partial charge in [-0.2, -0.15) is 0 Å². The molecule has 5 heteroatoms. The molecule has 1 heterocycles. The van der Waals surface area contributed by atoms with Crippen molar-refractivity contribution in [1.29, 1.82) is 0 Å². The smallest absolute Gasteiger partial charge is 0.315 e. The Hall–Kier alpha value is -0.390. The van der Waals surface area contributed by atoms with Gasteiger partial charge in [-0.05, 0) is 40.9 Å². The average Bonchev–Trinajstić information content (AvgIpc) is 2.45. The Labute approximate surface area is 94.1 Å². The van der Waals surface area contributed by atoms with Gasteiger partial charge in [0.05, 0.1) is 3.79 Å². The molecular formula is C9H10BrNO2S. The van der Waals surface area contributed by atoms with E-state index in [1.54, 1.807) is 0 Å². The van der Waals surface area contributed by atoms with Crippen LogP contribution in [0.4, 0.5) is 0 Å². The molecule has 1 aliphatic carbocycles. The Morgan fingerprint density at radius 2 is 2.29 bits per heavy atom. The van der Waals surface area contributed by atoms with Crippen LogP contribution in [-0.4, -0.2) is 17.1 Å². The normalized spacial score (nSPS) is 31.1. The van der Waals surface area contributed by atoms with E-state index in [1.807, 2.05) is 12.1 Å². The van der Waals surface area contributed by atoms with Gasteiger partial charge in [-0.3, -0.25) is 4.79 Å². The molecule has 1 fully saturated rings. The molecule has 0 bridgehead atoms. The summed E-state index contributed by atoms with van der Waals surface area (Å²) in [6.45, 7) is 0. The lowest BCUT2D eigenvalue weighted by Crippen LogP contribution is -2.53. The van der Waals surface area contributed by atoms with Crippen LogP contribution in [0.25, 0.3) is 0 Å². The van der Waals surface area contributed by atoms with Gasteiger partial charge in [-0.15, -0.1) is 11.3 Å². The van der Waals surface area contributed by atoms with Crippen molar-refractivity contribution in [2.45, 2.75) is 24.3 Å². The number of carboxylic acids is 1. The number of carboxylic acid groups (broad SMARTS) is 1. The number of hydrogen-bond donors (Lipinski definition) is 2. The van der Waals surface area contributed by atoms with Crippen molar-refractivity contribution in [1.82, 2.24) is 0 Å².